The Kier molecular flexibility index (Phi) is 4.47. The standard InChI is InChI=1S/C8H11N3O4S/c9-8-6(11(14)15)1-2-7(10-8)16-4-5(13)3-12/h1-2,5,12-13H,3-4H2,(H2,9,10). The molecule has 0 saturated heterocycles. The number of hydrogen-bond acceptors (Lipinski definition) is 7. The lowest BCUT2D eigenvalue weighted by Gasteiger charge is -2.06. The highest BCUT2D eigenvalue weighted by atomic mass is 32.2. The molecule has 8 heteroatoms. The number of thioether (sulfide) groups is 1. The highest BCUT2D eigenvalue weighted by Gasteiger charge is 2.13. The van der Waals surface area contributed by atoms with Gasteiger partial charge in [0.25, 0.3) is 0 Å². The molecule has 0 aliphatic rings. The van der Waals surface area contributed by atoms with Crippen LogP contribution >= 0.6 is 11.8 Å². The van der Waals surface area contributed by atoms with Gasteiger partial charge in [-0.05, 0) is 6.07 Å². The van der Waals surface area contributed by atoms with E-state index in [9.17, 15) is 10.1 Å². The molecule has 88 valence electrons. The van der Waals surface area contributed by atoms with Crippen molar-refractivity contribution in [3.63, 3.8) is 0 Å². The van der Waals surface area contributed by atoms with E-state index in [2.05, 4.69) is 4.98 Å². The van der Waals surface area contributed by atoms with Crippen LogP contribution in [0.15, 0.2) is 17.2 Å². The monoisotopic (exact) mass is 245 g/mol. The zero-order valence-electron chi connectivity index (χ0n) is 8.24. The van der Waals surface area contributed by atoms with Crippen LogP contribution in [-0.4, -0.2) is 38.6 Å². The van der Waals surface area contributed by atoms with E-state index in [1.54, 1.807) is 0 Å². The smallest absolute Gasteiger partial charge is 0.311 e. The minimum atomic E-state index is -0.844. The largest absolute Gasteiger partial charge is 0.394 e. The summed E-state index contributed by atoms with van der Waals surface area (Å²) in [5.41, 5.74) is 5.14. The number of anilines is 1. The third-order valence-corrected chi connectivity index (χ3v) is 2.78. The Morgan fingerprint density at radius 3 is 2.81 bits per heavy atom. The number of nitrogens with zero attached hydrogens (tertiary/aromatic N) is 2. The van der Waals surface area contributed by atoms with E-state index in [0.29, 0.717) is 5.03 Å². The van der Waals surface area contributed by atoms with Crippen molar-refractivity contribution in [1.29, 1.82) is 0 Å². The van der Waals surface area contributed by atoms with Gasteiger partial charge < -0.3 is 15.9 Å². The van der Waals surface area contributed by atoms with E-state index in [1.807, 2.05) is 0 Å². The molecule has 0 amide bonds. The number of aliphatic hydroxyl groups is 2. The van der Waals surface area contributed by atoms with Crippen LogP contribution in [0.5, 0.6) is 0 Å². The summed E-state index contributed by atoms with van der Waals surface area (Å²) in [7, 11) is 0. The molecule has 0 saturated carbocycles. The van der Waals surface area contributed by atoms with Crippen LogP contribution in [0, 0.1) is 10.1 Å². The molecule has 1 atom stereocenters. The molecule has 0 fully saturated rings. The molecule has 1 heterocycles. The summed E-state index contributed by atoms with van der Waals surface area (Å²) in [6, 6.07) is 2.71. The second-order valence-electron chi connectivity index (χ2n) is 2.96. The number of hydrogen-bond donors (Lipinski definition) is 3. The lowest BCUT2D eigenvalue weighted by Crippen LogP contribution is -2.14. The van der Waals surface area contributed by atoms with E-state index < -0.39 is 11.0 Å². The summed E-state index contributed by atoms with van der Waals surface area (Å²) in [5.74, 6) is 0.0919. The third-order valence-electron chi connectivity index (χ3n) is 1.71. The number of aliphatic hydroxyl groups excluding tert-OH is 2. The van der Waals surface area contributed by atoms with Crippen molar-refractivity contribution in [2.24, 2.45) is 0 Å². The first-order valence-electron chi connectivity index (χ1n) is 4.37. The third kappa shape index (κ3) is 3.33. The van der Waals surface area contributed by atoms with Crippen molar-refractivity contribution in [1.82, 2.24) is 4.98 Å². The van der Waals surface area contributed by atoms with Gasteiger partial charge >= 0.3 is 5.69 Å². The first kappa shape index (κ1) is 12.7. The Bertz CT molecular complexity index is 388. The van der Waals surface area contributed by atoms with Gasteiger partial charge in [0.2, 0.25) is 5.82 Å². The molecular formula is C8H11N3O4S. The van der Waals surface area contributed by atoms with Crippen LogP contribution in [0.4, 0.5) is 11.5 Å². The van der Waals surface area contributed by atoms with Crippen molar-refractivity contribution in [3.05, 3.63) is 22.2 Å². The second kappa shape index (κ2) is 5.64. The topological polar surface area (TPSA) is 123 Å². The highest BCUT2D eigenvalue weighted by Crippen LogP contribution is 2.24. The Morgan fingerprint density at radius 2 is 2.31 bits per heavy atom. The average Bonchev–Trinajstić information content (AvgIpc) is 2.25. The first-order chi connectivity index (χ1) is 7.54. The minimum Gasteiger partial charge on any atom is -0.394 e. The van der Waals surface area contributed by atoms with E-state index >= 15 is 0 Å². The Labute approximate surface area is 95.5 Å². The Balaban J connectivity index is 2.70. The summed E-state index contributed by atoms with van der Waals surface area (Å²) in [5, 5.41) is 28.6. The lowest BCUT2D eigenvalue weighted by molar-refractivity contribution is -0.384. The van der Waals surface area contributed by atoms with Crippen LogP contribution < -0.4 is 5.73 Å². The van der Waals surface area contributed by atoms with Gasteiger partial charge in [0.05, 0.1) is 22.7 Å². The highest BCUT2D eigenvalue weighted by molar-refractivity contribution is 7.99. The molecule has 16 heavy (non-hydrogen) atoms. The van der Waals surface area contributed by atoms with Crippen LogP contribution in [0.25, 0.3) is 0 Å². The van der Waals surface area contributed by atoms with Crippen LogP contribution in [0.1, 0.15) is 0 Å². The lowest BCUT2D eigenvalue weighted by atomic mass is 10.4. The summed E-state index contributed by atoms with van der Waals surface area (Å²) < 4.78 is 0. The molecule has 0 bridgehead atoms. The predicted molar refractivity (Wildman–Crippen MR) is 59.1 cm³/mol. The van der Waals surface area contributed by atoms with Gasteiger partial charge in [-0.2, -0.15) is 0 Å². The maximum atomic E-state index is 10.5. The van der Waals surface area contributed by atoms with Crippen molar-refractivity contribution in [2.75, 3.05) is 18.1 Å². The number of pyridine rings is 1. The van der Waals surface area contributed by atoms with E-state index in [4.69, 9.17) is 15.9 Å². The molecule has 1 unspecified atom stereocenters. The fourth-order valence-corrected chi connectivity index (χ4v) is 1.71. The Morgan fingerprint density at radius 1 is 1.62 bits per heavy atom. The number of nitrogens with two attached hydrogens (primary N) is 1. The van der Waals surface area contributed by atoms with Gasteiger partial charge in [-0.15, -0.1) is 11.8 Å². The van der Waals surface area contributed by atoms with Crippen LogP contribution in [-0.2, 0) is 0 Å². The minimum absolute atomic E-state index is 0.159. The van der Waals surface area contributed by atoms with Crippen molar-refractivity contribution in [2.45, 2.75) is 11.1 Å². The SMILES string of the molecule is Nc1nc(SCC(O)CO)ccc1[N+](=O)[O-]. The first-order valence-corrected chi connectivity index (χ1v) is 5.35. The van der Waals surface area contributed by atoms with Gasteiger partial charge in [0.15, 0.2) is 0 Å². The number of nitro groups is 1. The fraction of sp³-hybridized carbons (Fsp3) is 0.375. The van der Waals surface area contributed by atoms with Crippen LogP contribution in [0.2, 0.25) is 0 Å². The fourth-order valence-electron chi connectivity index (χ4n) is 0.918. The predicted octanol–water partition coefficient (Wildman–Crippen LogP) is 0.0173. The number of rotatable bonds is 5. The normalized spacial score (nSPS) is 12.4. The van der Waals surface area contributed by atoms with Crippen molar-refractivity contribution < 1.29 is 15.1 Å². The van der Waals surface area contributed by atoms with E-state index in [-0.39, 0.29) is 23.9 Å². The summed E-state index contributed by atoms with van der Waals surface area (Å²) in [6.07, 6.45) is -0.844. The Hall–Kier alpha value is -1.38. The van der Waals surface area contributed by atoms with Gasteiger partial charge in [0, 0.05) is 11.8 Å². The molecular weight excluding hydrogens is 234 g/mol. The molecule has 4 N–H and O–H groups in total. The second-order valence-corrected chi connectivity index (χ2v) is 4.00. The number of aromatic nitrogens is 1. The average molecular weight is 245 g/mol. The van der Waals surface area contributed by atoms with Gasteiger partial charge in [-0.1, -0.05) is 0 Å². The molecule has 1 aromatic rings. The van der Waals surface area contributed by atoms with Crippen molar-refractivity contribution >= 4 is 23.3 Å². The molecule has 1 rings (SSSR count). The van der Waals surface area contributed by atoms with Gasteiger partial charge in [0.1, 0.15) is 0 Å². The summed E-state index contributed by atoms with van der Waals surface area (Å²) >= 11 is 1.16. The molecule has 7 nitrogen and oxygen atoms in total. The maximum Gasteiger partial charge on any atom is 0.311 e. The van der Waals surface area contributed by atoms with Gasteiger partial charge in [-0.3, -0.25) is 10.1 Å². The molecule has 0 aromatic carbocycles. The molecule has 0 spiro atoms. The molecule has 0 radical (unpaired) electrons. The van der Waals surface area contributed by atoms with E-state index in [1.165, 1.54) is 12.1 Å². The zero-order chi connectivity index (χ0) is 12.1. The van der Waals surface area contributed by atoms with Crippen molar-refractivity contribution in [3.8, 4) is 0 Å². The summed E-state index contributed by atoms with van der Waals surface area (Å²) in [6.45, 7) is -0.338. The molecule has 0 aliphatic carbocycles. The van der Waals surface area contributed by atoms with E-state index in [0.717, 1.165) is 11.8 Å². The number of nitrogen functional groups attached to an aromatic ring is 1. The quantitative estimate of drug-likeness (QED) is 0.379. The molecule has 1 aromatic heterocycles. The summed E-state index contributed by atoms with van der Waals surface area (Å²) in [4.78, 5) is 13.6. The zero-order valence-corrected chi connectivity index (χ0v) is 9.05. The maximum absolute atomic E-state index is 10.5. The van der Waals surface area contributed by atoms with Gasteiger partial charge in [-0.25, -0.2) is 4.98 Å². The van der Waals surface area contributed by atoms with Crippen LogP contribution in [0.3, 0.4) is 0 Å². The molecule has 0 aliphatic heterocycles.